The van der Waals surface area contributed by atoms with Crippen LogP contribution >= 0.6 is 0 Å². The van der Waals surface area contributed by atoms with Crippen molar-refractivity contribution in [3.63, 3.8) is 0 Å². The molecule has 1 saturated heterocycles. The Bertz CT molecular complexity index is 408. The molecule has 23 heavy (non-hydrogen) atoms. The van der Waals surface area contributed by atoms with E-state index in [4.69, 9.17) is 18.9 Å². The summed E-state index contributed by atoms with van der Waals surface area (Å²) in [5, 5.41) is 11.4. The summed E-state index contributed by atoms with van der Waals surface area (Å²) >= 11 is 0. The zero-order valence-corrected chi connectivity index (χ0v) is 13.4. The van der Waals surface area contributed by atoms with E-state index < -0.39 is 35.1 Å². The lowest BCUT2D eigenvalue weighted by molar-refractivity contribution is -0.531. The molecule has 0 bridgehead atoms. The van der Waals surface area contributed by atoms with Crippen molar-refractivity contribution < 1.29 is 33.5 Å². The van der Waals surface area contributed by atoms with E-state index in [1.165, 1.54) is 0 Å². The Labute approximate surface area is 134 Å². The van der Waals surface area contributed by atoms with Crippen molar-refractivity contribution in [1.29, 1.82) is 0 Å². The van der Waals surface area contributed by atoms with Crippen molar-refractivity contribution in [1.82, 2.24) is 0 Å². The molecular weight excluding hydrogens is 310 g/mol. The molecule has 1 heterocycles. The van der Waals surface area contributed by atoms with Crippen LogP contribution in [0.15, 0.2) is 0 Å². The molecule has 0 N–H and O–H groups in total. The number of rotatable bonds is 10. The van der Waals surface area contributed by atoms with Crippen molar-refractivity contribution in [3.05, 3.63) is 10.1 Å². The predicted octanol–water partition coefficient (Wildman–Crippen LogP) is 0.917. The van der Waals surface area contributed by atoms with E-state index in [-0.39, 0.29) is 32.5 Å². The Morgan fingerprint density at radius 1 is 1.22 bits per heavy atom. The highest BCUT2D eigenvalue weighted by molar-refractivity contribution is 5.80. The van der Waals surface area contributed by atoms with Crippen LogP contribution in [-0.4, -0.2) is 55.6 Å². The van der Waals surface area contributed by atoms with Gasteiger partial charge in [0.1, 0.15) is 5.92 Å². The maximum atomic E-state index is 12.0. The average Bonchev–Trinajstić information content (AvgIpc) is 2.99. The number of nitrogens with zero attached hydrogens (tertiary/aromatic N) is 1. The van der Waals surface area contributed by atoms with Crippen molar-refractivity contribution in [2.75, 3.05) is 26.4 Å². The van der Waals surface area contributed by atoms with Crippen LogP contribution in [0.3, 0.4) is 0 Å². The molecule has 1 aliphatic rings. The highest BCUT2D eigenvalue weighted by Crippen LogP contribution is 2.22. The highest BCUT2D eigenvalue weighted by Gasteiger charge is 2.40. The fourth-order valence-corrected chi connectivity index (χ4v) is 2.36. The van der Waals surface area contributed by atoms with Crippen LogP contribution in [0.1, 0.15) is 33.1 Å². The van der Waals surface area contributed by atoms with Gasteiger partial charge < -0.3 is 18.9 Å². The molecule has 0 aliphatic carbocycles. The van der Waals surface area contributed by atoms with Gasteiger partial charge in [0.25, 0.3) is 0 Å². The molecule has 0 spiro atoms. The molecule has 0 aromatic rings. The van der Waals surface area contributed by atoms with E-state index in [1.807, 2.05) is 0 Å². The van der Waals surface area contributed by atoms with E-state index >= 15 is 0 Å². The second-order valence-electron chi connectivity index (χ2n) is 4.97. The molecule has 2 unspecified atom stereocenters. The van der Waals surface area contributed by atoms with Crippen molar-refractivity contribution in [2.24, 2.45) is 5.92 Å². The molecule has 2 atom stereocenters. The van der Waals surface area contributed by atoms with Gasteiger partial charge in [-0.25, -0.2) is 0 Å². The normalized spacial score (nSPS) is 17.5. The van der Waals surface area contributed by atoms with E-state index in [0.717, 1.165) is 0 Å². The van der Waals surface area contributed by atoms with Crippen LogP contribution in [0.4, 0.5) is 0 Å². The first kappa shape index (κ1) is 19.3. The lowest BCUT2D eigenvalue weighted by Crippen LogP contribution is -2.38. The third-order valence-electron chi connectivity index (χ3n) is 3.41. The van der Waals surface area contributed by atoms with Gasteiger partial charge in [-0.05, 0) is 13.8 Å². The summed E-state index contributed by atoms with van der Waals surface area (Å²) in [4.78, 5) is 34.5. The number of carbonyl (C=O) groups is 2. The monoisotopic (exact) mass is 333 g/mol. The van der Waals surface area contributed by atoms with Crippen LogP contribution < -0.4 is 0 Å². The molecule has 0 radical (unpaired) electrons. The molecule has 0 saturated carbocycles. The third kappa shape index (κ3) is 6.49. The Morgan fingerprint density at radius 2 is 1.83 bits per heavy atom. The molecule has 1 rings (SSSR count). The molecule has 132 valence electrons. The lowest BCUT2D eigenvalue weighted by atomic mass is 9.92. The van der Waals surface area contributed by atoms with Crippen LogP contribution in [0.25, 0.3) is 0 Å². The first-order valence-electron chi connectivity index (χ1n) is 7.68. The molecule has 0 amide bonds. The van der Waals surface area contributed by atoms with Gasteiger partial charge in [0.15, 0.2) is 6.29 Å². The Balaban J connectivity index is 2.75. The summed E-state index contributed by atoms with van der Waals surface area (Å²) in [5.74, 6) is -2.62. The van der Waals surface area contributed by atoms with Crippen molar-refractivity contribution in [2.45, 2.75) is 45.4 Å². The van der Waals surface area contributed by atoms with Crippen LogP contribution in [0, 0.1) is 16.0 Å². The van der Waals surface area contributed by atoms with Gasteiger partial charge in [-0.3, -0.25) is 19.7 Å². The molecule has 0 aromatic carbocycles. The molecule has 1 fully saturated rings. The predicted molar refractivity (Wildman–Crippen MR) is 77.1 cm³/mol. The summed E-state index contributed by atoms with van der Waals surface area (Å²) in [6.45, 7) is 4.33. The first-order chi connectivity index (χ1) is 11.0. The number of nitro groups is 1. The fraction of sp³-hybridized carbons (Fsp3) is 0.857. The smallest absolute Gasteiger partial charge is 0.316 e. The van der Waals surface area contributed by atoms with Gasteiger partial charge in [-0.1, -0.05) is 0 Å². The van der Waals surface area contributed by atoms with E-state index in [9.17, 15) is 19.7 Å². The SMILES string of the molecule is CCOC(=O)CC(C(=O)OCC)C(CCC1OCCO1)[N+](=O)[O-]. The van der Waals surface area contributed by atoms with Crippen LogP contribution in [0.5, 0.6) is 0 Å². The highest BCUT2D eigenvalue weighted by atomic mass is 16.7. The summed E-state index contributed by atoms with van der Waals surface area (Å²) < 4.78 is 20.1. The zero-order valence-electron chi connectivity index (χ0n) is 13.4. The van der Waals surface area contributed by atoms with Crippen molar-refractivity contribution >= 4 is 11.9 Å². The standard InChI is InChI=1S/C14H23NO8/c1-3-20-12(16)9-10(14(17)21-4-2)11(15(18)19)5-6-13-22-7-8-23-13/h10-11,13H,3-9H2,1-2H3. The third-order valence-corrected chi connectivity index (χ3v) is 3.41. The summed E-state index contributed by atoms with van der Waals surface area (Å²) in [6.07, 6.45) is -0.585. The maximum Gasteiger partial charge on any atom is 0.316 e. The summed E-state index contributed by atoms with van der Waals surface area (Å²) in [5.41, 5.74) is 0. The Kier molecular flexibility index (Phi) is 8.49. The second kappa shape index (κ2) is 10.1. The molecule has 1 aliphatic heterocycles. The minimum atomic E-state index is -1.26. The van der Waals surface area contributed by atoms with Crippen molar-refractivity contribution in [3.8, 4) is 0 Å². The number of carbonyl (C=O) groups excluding carboxylic acids is 2. The van der Waals surface area contributed by atoms with Crippen LogP contribution in [-0.2, 0) is 28.5 Å². The Morgan fingerprint density at radius 3 is 2.35 bits per heavy atom. The van der Waals surface area contributed by atoms with Gasteiger partial charge in [0, 0.05) is 17.8 Å². The number of ether oxygens (including phenoxy) is 4. The van der Waals surface area contributed by atoms with Gasteiger partial charge >= 0.3 is 11.9 Å². The summed E-state index contributed by atoms with van der Waals surface area (Å²) in [6, 6.07) is -1.26. The van der Waals surface area contributed by atoms with Crippen LogP contribution in [0.2, 0.25) is 0 Å². The van der Waals surface area contributed by atoms with E-state index in [0.29, 0.717) is 13.2 Å². The van der Waals surface area contributed by atoms with E-state index in [1.54, 1.807) is 13.8 Å². The van der Waals surface area contributed by atoms with Gasteiger partial charge in [-0.15, -0.1) is 0 Å². The molecule has 9 heteroatoms. The number of hydrogen-bond donors (Lipinski definition) is 0. The minimum Gasteiger partial charge on any atom is -0.466 e. The average molecular weight is 333 g/mol. The maximum absolute atomic E-state index is 12.0. The quantitative estimate of drug-likeness (QED) is 0.329. The fourth-order valence-electron chi connectivity index (χ4n) is 2.36. The first-order valence-corrected chi connectivity index (χ1v) is 7.68. The Hall–Kier alpha value is -1.74. The minimum absolute atomic E-state index is 0.0422. The van der Waals surface area contributed by atoms with Gasteiger partial charge in [0.2, 0.25) is 6.04 Å². The second-order valence-corrected chi connectivity index (χ2v) is 4.97. The number of esters is 2. The van der Waals surface area contributed by atoms with Gasteiger partial charge in [0.05, 0.1) is 32.8 Å². The molecule has 9 nitrogen and oxygen atoms in total. The topological polar surface area (TPSA) is 114 Å². The molecule has 0 aromatic heterocycles. The largest absolute Gasteiger partial charge is 0.466 e. The summed E-state index contributed by atoms with van der Waals surface area (Å²) in [7, 11) is 0. The zero-order chi connectivity index (χ0) is 17.2. The molecular formula is C14H23NO8. The lowest BCUT2D eigenvalue weighted by Gasteiger charge is -2.20. The van der Waals surface area contributed by atoms with Gasteiger partial charge in [-0.2, -0.15) is 0 Å². The van der Waals surface area contributed by atoms with E-state index in [2.05, 4.69) is 0 Å². The number of hydrogen-bond acceptors (Lipinski definition) is 8.